The number of unbranched alkanes of at least 4 members (excludes halogenated alkanes) is 1. The molecule has 4 atom stereocenters. The summed E-state index contributed by atoms with van der Waals surface area (Å²) < 4.78 is 0. The molecule has 0 radical (unpaired) electrons. The lowest BCUT2D eigenvalue weighted by Gasteiger charge is -2.25. The number of aliphatic hydroxyl groups excluding tert-OH is 4. The van der Waals surface area contributed by atoms with Gasteiger partial charge in [-0.05, 0) is 19.4 Å². The van der Waals surface area contributed by atoms with Gasteiger partial charge in [-0.3, -0.25) is 4.79 Å². The number of hydrogen-bond acceptors (Lipinski definition) is 7. The minimum Gasteiger partial charge on any atom is -0.394 e. The van der Waals surface area contributed by atoms with Gasteiger partial charge in [-0.25, -0.2) is 0 Å². The van der Waals surface area contributed by atoms with Crippen LogP contribution >= 0.6 is 0 Å². The quantitative estimate of drug-likeness (QED) is 0.171. The van der Waals surface area contributed by atoms with Crippen molar-refractivity contribution in [3.63, 3.8) is 0 Å². The van der Waals surface area contributed by atoms with Gasteiger partial charge in [0, 0.05) is 20.0 Å². The van der Waals surface area contributed by atoms with E-state index in [1.165, 1.54) is 0 Å². The van der Waals surface area contributed by atoms with Gasteiger partial charge in [-0.15, -0.1) is 0 Å². The maximum atomic E-state index is 11.0. The number of aldehydes is 1. The fourth-order valence-electron chi connectivity index (χ4n) is 1.81. The van der Waals surface area contributed by atoms with E-state index in [0.29, 0.717) is 25.7 Å². The molecule has 0 heterocycles. The first-order valence-corrected chi connectivity index (χ1v) is 6.99. The number of rotatable bonds is 12. The van der Waals surface area contributed by atoms with Gasteiger partial charge in [0.25, 0.3) is 0 Å². The maximum Gasteiger partial charge on any atom is 0.219 e. The fraction of sp³-hybridized carbons (Fsp3) is 0.846. The number of carbonyl (C=O) groups excluding carboxylic acids is 2. The molecule has 0 saturated heterocycles. The normalized spacial score (nSPS) is 16.8. The molecule has 4 unspecified atom stereocenters. The van der Waals surface area contributed by atoms with Crippen LogP contribution in [-0.4, -0.2) is 77.7 Å². The molecule has 0 aromatic rings. The summed E-state index contributed by atoms with van der Waals surface area (Å²) in [7, 11) is 1.57. The number of amides is 1. The Bertz CT molecular complexity index is 302. The van der Waals surface area contributed by atoms with Crippen molar-refractivity contribution in [2.75, 3.05) is 26.7 Å². The van der Waals surface area contributed by atoms with Crippen LogP contribution in [0.25, 0.3) is 0 Å². The SMILES string of the molecule is CNC(=O)CCCCNCC(O)C(C=O)C(O)C(O)CO. The maximum absolute atomic E-state index is 11.0. The molecule has 0 aromatic carbocycles. The first kappa shape index (κ1) is 19.9. The molecular formula is C13H26N2O6. The molecule has 8 nitrogen and oxygen atoms in total. The second-order valence-electron chi connectivity index (χ2n) is 4.86. The van der Waals surface area contributed by atoms with Crippen molar-refractivity contribution in [1.29, 1.82) is 0 Å². The molecule has 0 aliphatic rings. The highest BCUT2D eigenvalue weighted by atomic mass is 16.4. The Balaban J connectivity index is 3.92. The Hall–Kier alpha value is -1.06. The van der Waals surface area contributed by atoms with Crippen molar-refractivity contribution in [2.24, 2.45) is 5.92 Å². The molecule has 0 spiro atoms. The molecule has 0 fully saturated rings. The van der Waals surface area contributed by atoms with Crippen LogP contribution in [0.2, 0.25) is 0 Å². The summed E-state index contributed by atoms with van der Waals surface area (Å²) in [5.41, 5.74) is 0. The fourth-order valence-corrected chi connectivity index (χ4v) is 1.81. The minimum absolute atomic E-state index is 0.0304. The molecule has 124 valence electrons. The second-order valence-corrected chi connectivity index (χ2v) is 4.86. The summed E-state index contributed by atoms with van der Waals surface area (Å²) in [6.45, 7) is -0.0674. The molecule has 0 aliphatic carbocycles. The lowest BCUT2D eigenvalue weighted by Crippen LogP contribution is -2.46. The van der Waals surface area contributed by atoms with Crippen molar-refractivity contribution in [1.82, 2.24) is 10.6 Å². The topological polar surface area (TPSA) is 139 Å². The lowest BCUT2D eigenvalue weighted by molar-refractivity contribution is -0.126. The number of carbonyl (C=O) groups is 2. The van der Waals surface area contributed by atoms with Crippen LogP contribution in [-0.2, 0) is 9.59 Å². The minimum atomic E-state index is -1.52. The Morgan fingerprint density at radius 1 is 1.19 bits per heavy atom. The van der Waals surface area contributed by atoms with E-state index in [0.717, 1.165) is 6.42 Å². The predicted octanol–water partition coefficient (Wildman–Crippen LogP) is -2.62. The van der Waals surface area contributed by atoms with Gasteiger partial charge in [-0.2, -0.15) is 0 Å². The molecule has 0 saturated carbocycles. The summed E-state index contributed by atoms with van der Waals surface area (Å²) >= 11 is 0. The van der Waals surface area contributed by atoms with Crippen LogP contribution in [0.1, 0.15) is 19.3 Å². The summed E-state index contributed by atoms with van der Waals surface area (Å²) in [4.78, 5) is 21.8. The third-order valence-electron chi connectivity index (χ3n) is 3.22. The van der Waals surface area contributed by atoms with Gasteiger partial charge >= 0.3 is 0 Å². The molecule has 0 bridgehead atoms. The largest absolute Gasteiger partial charge is 0.394 e. The molecular weight excluding hydrogens is 280 g/mol. The van der Waals surface area contributed by atoms with E-state index >= 15 is 0 Å². The molecule has 0 rings (SSSR count). The Labute approximate surface area is 124 Å². The summed E-state index contributed by atoms with van der Waals surface area (Å²) in [5, 5.41) is 42.8. The molecule has 6 N–H and O–H groups in total. The van der Waals surface area contributed by atoms with Crippen LogP contribution in [0, 0.1) is 5.92 Å². The Morgan fingerprint density at radius 3 is 2.38 bits per heavy atom. The molecule has 21 heavy (non-hydrogen) atoms. The zero-order valence-electron chi connectivity index (χ0n) is 12.2. The Kier molecular flexibility index (Phi) is 11.0. The summed E-state index contributed by atoms with van der Waals surface area (Å²) in [6.07, 6.45) is -1.93. The van der Waals surface area contributed by atoms with Crippen LogP contribution in [0.5, 0.6) is 0 Å². The highest BCUT2D eigenvalue weighted by Gasteiger charge is 2.31. The zero-order valence-corrected chi connectivity index (χ0v) is 12.2. The van der Waals surface area contributed by atoms with Crippen molar-refractivity contribution >= 4 is 12.2 Å². The van der Waals surface area contributed by atoms with Gasteiger partial charge in [0.2, 0.25) is 5.91 Å². The van der Waals surface area contributed by atoms with Gasteiger partial charge in [0.05, 0.1) is 24.7 Å². The van der Waals surface area contributed by atoms with Crippen LogP contribution in [0.3, 0.4) is 0 Å². The predicted molar refractivity (Wildman–Crippen MR) is 75.4 cm³/mol. The highest BCUT2D eigenvalue weighted by Crippen LogP contribution is 2.10. The zero-order chi connectivity index (χ0) is 16.3. The monoisotopic (exact) mass is 306 g/mol. The van der Waals surface area contributed by atoms with Crippen LogP contribution in [0.4, 0.5) is 0 Å². The third kappa shape index (κ3) is 8.08. The van der Waals surface area contributed by atoms with Gasteiger partial charge in [0.1, 0.15) is 12.4 Å². The van der Waals surface area contributed by atoms with Gasteiger partial charge < -0.3 is 35.9 Å². The van der Waals surface area contributed by atoms with E-state index in [9.17, 15) is 24.9 Å². The smallest absolute Gasteiger partial charge is 0.219 e. The van der Waals surface area contributed by atoms with Crippen molar-refractivity contribution in [3.05, 3.63) is 0 Å². The molecule has 8 heteroatoms. The molecule has 0 aliphatic heterocycles. The number of nitrogens with one attached hydrogen (secondary N) is 2. The van der Waals surface area contributed by atoms with Crippen molar-refractivity contribution in [2.45, 2.75) is 37.6 Å². The third-order valence-corrected chi connectivity index (χ3v) is 3.22. The van der Waals surface area contributed by atoms with Crippen LogP contribution < -0.4 is 10.6 Å². The molecule has 0 aromatic heterocycles. The van der Waals surface area contributed by atoms with Gasteiger partial charge in [-0.1, -0.05) is 0 Å². The van der Waals surface area contributed by atoms with E-state index in [-0.39, 0.29) is 12.5 Å². The van der Waals surface area contributed by atoms with E-state index in [1.807, 2.05) is 0 Å². The average Bonchev–Trinajstić information content (AvgIpc) is 2.49. The first-order valence-electron chi connectivity index (χ1n) is 6.99. The Morgan fingerprint density at radius 2 is 1.86 bits per heavy atom. The van der Waals surface area contributed by atoms with E-state index in [1.54, 1.807) is 7.05 Å². The van der Waals surface area contributed by atoms with Crippen LogP contribution in [0.15, 0.2) is 0 Å². The highest BCUT2D eigenvalue weighted by molar-refractivity contribution is 5.75. The summed E-state index contributed by atoms with van der Waals surface area (Å²) in [6, 6.07) is 0. The van der Waals surface area contributed by atoms with Gasteiger partial charge in [0.15, 0.2) is 0 Å². The first-order chi connectivity index (χ1) is 9.97. The average molecular weight is 306 g/mol. The van der Waals surface area contributed by atoms with Crippen molar-refractivity contribution < 1.29 is 30.0 Å². The van der Waals surface area contributed by atoms with E-state index in [4.69, 9.17) is 5.11 Å². The van der Waals surface area contributed by atoms with Crippen molar-refractivity contribution in [3.8, 4) is 0 Å². The van der Waals surface area contributed by atoms with E-state index < -0.39 is 30.8 Å². The molecule has 1 amide bonds. The second kappa shape index (κ2) is 11.6. The summed E-state index contributed by atoms with van der Waals surface area (Å²) in [5.74, 6) is -1.21. The number of hydrogen-bond donors (Lipinski definition) is 6. The standard InChI is InChI=1S/C13H26N2O6/c1-14-12(20)4-2-3-5-15-6-10(18)9(7-16)13(21)11(19)8-17/h7,9-11,13,15,17-19,21H,2-6,8H2,1H3,(H,14,20). The van der Waals surface area contributed by atoms with E-state index in [2.05, 4.69) is 10.6 Å². The lowest BCUT2D eigenvalue weighted by atomic mass is 9.93. The number of aliphatic hydroxyl groups is 4.